The highest BCUT2D eigenvalue weighted by molar-refractivity contribution is 7.89. The lowest BCUT2D eigenvalue weighted by Gasteiger charge is -2.08. The van der Waals surface area contributed by atoms with Crippen molar-refractivity contribution >= 4 is 10.0 Å². The van der Waals surface area contributed by atoms with Crippen LogP contribution in [0.1, 0.15) is 31.7 Å². The standard InChI is InChI=1S/C10H19N3O2S/c1-7(2)5-6-11-16(14,15)10-8(3)12-13-9(10)4/h7,11H,5-6H2,1-4H3,(H,12,13). The molecule has 0 aliphatic rings. The van der Waals surface area contributed by atoms with Crippen LogP contribution in [0, 0.1) is 19.8 Å². The predicted octanol–water partition coefficient (Wildman–Crippen LogP) is 1.35. The number of hydrogen-bond acceptors (Lipinski definition) is 3. The van der Waals surface area contributed by atoms with Gasteiger partial charge in [-0.25, -0.2) is 13.1 Å². The van der Waals surface area contributed by atoms with Crippen LogP contribution in [-0.4, -0.2) is 25.2 Å². The van der Waals surface area contributed by atoms with Crippen molar-refractivity contribution in [1.29, 1.82) is 0 Å². The minimum absolute atomic E-state index is 0.274. The third kappa shape index (κ3) is 3.05. The van der Waals surface area contributed by atoms with Crippen LogP contribution in [0.5, 0.6) is 0 Å². The van der Waals surface area contributed by atoms with Gasteiger partial charge in [-0.15, -0.1) is 0 Å². The van der Waals surface area contributed by atoms with Gasteiger partial charge in [-0.2, -0.15) is 5.10 Å². The lowest BCUT2D eigenvalue weighted by atomic mass is 10.1. The summed E-state index contributed by atoms with van der Waals surface area (Å²) >= 11 is 0. The lowest BCUT2D eigenvalue weighted by molar-refractivity contribution is 0.551. The Labute approximate surface area is 96.7 Å². The van der Waals surface area contributed by atoms with Gasteiger partial charge in [0.1, 0.15) is 4.90 Å². The Hall–Kier alpha value is -0.880. The molecular formula is C10H19N3O2S. The molecule has 0 unspecified atom stereocenters. The average Bonchev–Trinajstić information content (AvgIpc) is 2.45. The number of nitrogens with one attached hydrogen (secondary N) is 2. The molecule has 0 amide bonds. The highest BCUT2D eigenvalue weighted by Gasteiger charge is 2.21. The Kier molecular flexibility index (Phi) is 4.09. The van der Waals surface area contributed by atoms with Crippen molar-refractivity contribution < 1.29 is 8.42 Å². The highest BCUT2D eigenvalue weighted by Crippen LogP contribution is 2.16. The van der Waals surface area contributed by atoms with Gasteiger partial charge >= 0.3 is 0 Å². The average molecular weight is 245 g/mol. The summed E-state index contributed by atoms with van der Waals surface area (Å²) in [5, 5.41) is 6.55. The van der Waals surface area contributed by atoms with E-state index in [0.29, 0.717) is 23.9 Å². The molecule has 5 nitrogen and oxygen atoms in total. The van der Waals surface area contributed by atoms with E-state index in [1.54, 1.807) is 13.8 Å². The van der Waals surface area contributed by atoms with E-state index >= 15 is 0 Å². The fraction of sp³-hybridized carbons (Fsp3) is 0.700. The van der Waals surface area contributed by atoms with Crippen LogP contribution >= 0.6 is 0 Å². The summed E-state index contributed by atoms with van der Waals surface area (Å²) in [6.45, 7) is 7.97. The SMILES string of the molecule is Cc1n[nH]c(C)c1S(=O)(=O)NCCC(C)C. The van der Waals surface area contributed by atoms with Gasteiger partial charge in [-0.3, -0.25) is 5.10 Å². The van der Waals surface area contributed by atoms with Gasteiger partial charge in [-0.1, -0.05) is 13.8 Å². The quantitative estimate of drug-likeness (QED) is 0.822. The number of aromatic nitrogens is 2. The summed E-state index contributed by atoms with van der Waals surface area (Å²) in [6, 6.07) is 0. The maximum atomic E-state index is 11.9. The Bertz CT molecular complexity index is 429. The van der Waals surface area contributed by atoms with Gasteiger partial charge in [0, 0.05) is 6.54 Å². The monoisotopic (exact) mass is 245 g/mol. The second-order valence-electron chi connectivity index (χ2n) is 4.34. The molecule has 1 aromatic rings. The van der Waals surface area contributed by atoms with E-state index in [-0.39, 0.29) is 4.90 Å². The first kappa shape index (κ1) is 13.2. The van der Waals surface area contributed by atoms with E-state index < -0.39 is 10.0 Å². The fourth-order valence-electron chi connectivity index (χ4n) is 1.49. The molecule has 92 valence electrons. The van der Waals surface area contributed by atoms with Gasteiger partial charge in [0.05, 0.1) is 11.4 Å². The van der Waals surface area contributed by atoms with Crippen LogP contribution in [0.4, 0.5) is 0 Å². The molecule has 0 radical (unpaired) electrons. The molecule has 6 heteroatoms. The smallest absolute Gasteiger partial charge is 0.244 e. The highest BCUT2D eigenvalue weighted by atomic mass is 32.2. The van der Waals surface area contributed by atoms with Crippen molar-refractivity contribution in [2.24, 2.45) is 5.92 Å². The molecule has 1 rings (SSSR count). The Morgan fingerprint density at radius 2 is 2.00 bits per heavy atom. The van der Waals surface area contributed by atoms with Gasteiger partial charge < -0.3 is 0 Å². The second kappa shape index (κ2) is 4.97. The predicted molar refractivity (Wildman–Crippen MR) is 62.7 cm³/mol. The Morgan fingerprint density at radius 1 is 1.38 bits per heavy atom. The minimum atomic E-state index is -3.42. The van der Waals surface area contributed by atoms with Crippen LogP contribution in [-0.2, 0) is 10.0 Å². The molecule has 1 heterocycles. The van der Waals surface area contributed by atoms with Crippen molar-refractivity contribution in [3.05, 3.63) is 11.4 Å². The van der Waals surface area contributed by atoms with Crippen molar-refractivity contribution in [1.82, 2.24) is 14.9 Å². The largest absolute Gasteiger partial charge is 0.281 e. The number of rotatable bonds is 5. The van der Waals surface area contributed by atoms with Crippen molar-refractivity contribution in [3.8, 4) is 0 Å². The summed E-state index contributed by atoms with van der Waals surface area (Å²) in [6.07, 6.45) is 0.829. The normalized spacial score (nSPS) is 12.3. The van der Waals surface area contributed by atoms with Crippen LogP contribution in [0.15, 0.2) is 4.90 Å². The summed E-state index contributed by atoms with van der Waals surface area (Å²) < 4.78 is 26.5. The molecule has 0 bridgehead atoms. The number of sulfonamides is 1. The first-order chi connectivity index (χ1) is 7.34. The Balaban J connectivity index is 2.79. The Morgan fingerprint density at radius 3 is 2.44 bits per heavy atom. The van der Waals surface area contributed by atoms with Gasteiger partial charge in [-0.05, 0) is 26.2 Å². The first-order valence-corrected chi connectivity index (χ1v) is 6.84. The van der Waals surface area contributed by atoms with E-state index in [2.05, 4.69) is 28.8 Å². The van der Waals surface area contributed by atoms with Crippen molar-refractivity contribution in [3.63, 3.8) is 0 Å². The number of aromatic amines is 1. The molecule has 2 N–H and O–H groups in total. The second-order valence-corrected chi connectivity index (χ2v) is 6.05. The molecule has 0 spiro atoms. The summed E-state index contributed by atoms with van der Waals surface area (Å²) in [5.41, 5.74) is 1.09. The molecule has 0 saturated heterocycles. The van der Waals surface area contributed by atoms with Gasteiger partial charge in [0.15, 0.2) is 0 Å². The number of H-pyrrole nitrogens is 1. The number of hydrogen-bond donors (Lipinski definition) is 2. The third-order valence-electron chi connectivity index (χ3n) is 2.34. The van der Waals surface area contributed by atoms with Gasteiger partial charge in [0.2, 0.25) is 10.0 Å². The van der Waals surface area contributed by atoms with E-state index in [9.17, 15) is 8.42 Å². The van der Waals surface area contributed by atoms with Crippen LogP contribution in [0.2, 0.25) is 0 Å². The molecule has 0 saturated carbocycles. The molecule has 1 aromatic heterocycles. The maximum absolute atomic E-state index is 11.9. The van der Waals surface area contributed by atoms with E-state index in [1.165, 1.54) is 0 Å². The summed E-state index contributed by atoms with van der Waals surface area (Å²) in [7, 11) is -3.42. The van der Waals surface area contributed by atoms with Crippen LogP contribution in [0.3, 0.4) is 0 Å². The van der Waals surface area contributed by atoms with E-state index in [4.69, 9.17) is 0 Å². The molecule has 0 fully saturated rings. The van der Waals surface area contributed by atoms with Crippen molar-refractivity contribution in [2.45, 2.75) is 39.0 Å². The number of nitrogens with zero attached hydrogens (tertiary/aromatic N) is 1. The molecular weight excluding hydrogens is 226 g/mol. The summed E-state index contributed by atoms with van der Waals surface area (Å²) in [4.78, 5) is 0.274. The van der Waals surface area contributed by atoms with Crippen molar-refractivity contribution in [2.75, 3.05) is 6.54 Å². The summed E-state index contributed by atoms with van der Waals surface area (Å²) in [5.74, 6) is 0.481. The molecule has 0 aromatic carbocycles. The van der Waals surface area contributed by atoms with E-state index in [0.717, 1.165) is 6.42 Å². The zero-order valence-electron chi connectivity index (χ0n) is 10.2. The molecule has 0 atom stereocenters. The first-order valence-electron chi connectivity index (χ1n) is 5.36. The zero-order valence-corrected chi connectivity index (χ0v) is 11.0. The van der Waals surface area contributed by atoms with Crippen LogP contribution in [0.25, 0.3) is 0 Å². The zero-order chi connectivity index (χ0) is 12.3. The maximum Gasteiger partial charge on any atom is 0.244 e. The fourth-order valence-corrected chi connectivity index (χ4v) is 2.90. The molecule has 0 aliphatic carbocycles. The molecule has 0 aliphatic heterocycles. The number of aryl methyl sites for hydroxylation is 2. The lowest BCUT2D eigenvalue weighted by Crippen LogP contribution is -2.26. The minimum Gasteiger partial charge on any atom is -0.281 e. The topological polar surface area (TPSA) is 74.8 Å². The molecule has 16 heavy (non-hydrogen) atoms. The van der Waals surface area contributed by atoms with Gasteiger partial charge in [0.25, 0.3) is 0 Å². The van der Waals surface area contributed by atoms with Crippen LogP contribution < -0.4 is 4.72 Å². The third-order valence-corrected chi connectivity index (χ3v) is 4.07. The van der Waals surface area contributed by atoms with E-state index in [1.807, 2.05) is 0 Å².